The largest absolute Gasteiger partial charge is 0.465 e. The van der Waals surface area contributed by atoms with Crippen molar-refractivity contribution in [1.82, 2.24) is 15.3 Å². The zero-order valence-corrected chi connectivity index (χ0v) is 20.4. The third-order valence-corrected chi connectivity index (χ3v) is 7.22. The predicted octanol–water partition coefficient (Wildman–Crippen LogP) is 4.77. The number of anilines is 2. The van der Waals surface area contributed by atoms with Crippen LogP contribution in [0.4, 0.5) is 16.4 Å². The molecule has 0 radical (unpaired) electrons. The third-order valence-electron chi connectivity index (χ3n) is 6.92. The molecule has 0 spiro atoms. The molecule has 2 aliphatic rings. The molecule has 9 nitrogen and oxygen atoms in total. The molecule has 2 fully saturated rings. The maximum absolute atomic E-state index is 10.7. The van der Waals surface area contributed by atoms with E-state index in [2.05, 4.69) is 27.0 Å². The molecule has 10 heteroatoms. The Morgan fingerprint density at radius 1 is 1.23 bits per heavy atom. The number of hydrogen-bond acceptors (Lipinski definition) is 7. The first-order chi connectivity index (χ1) is 17.0. The molecule has 0 bridgehead atoms. The fraction of sp³-hybridized carbons (Fsp3) is 0.520. The lowest BCUT2D eigenvalue weighted by Gasteiger charge is -2.30. The van der Waals surface area contributed by atoms with Crippen molar-refractivity contribution in [2.24, 2.45) is 11.3 Å². The van der Waals surface area contributed by atoms with Crippen molar-refractivity contribution >= 4 is 29.3 Å². The number of carbonyl (C=O) groups is 1. The Bertz CT molecular complexity index is 1060. The number of nitriles is 1. The van der Waals surface area contributed by atoms with Gasteiger partial charge in [-0.15, -0.1) is 0 Å². The van der Waals surface area contributed by atoms with E-state index in [0.29, 0.717) is 55.9 Å². The normalized spacial score (nSPS) is 21.5. The van der Waals surface area contributed by atoms with E-state index in [1.807, 2.05) is 24.3 Å². The van der Waals surface area contributed by atoms with Gasteiger partial charge < -0.3 is 25.8 Å². The second-order valence-electron chi connectivity index (χ2n) is 9.36. The Hall–Kier alpha value is -3.09. The number of carboxylic acid groups (broad SMARTS) is 1. The van der Waals surface area contributed by atoms with Gasteiger partial charge in [-0.05, 0) is 62.6 Å². The Morgan fingerprint density at radius 3 is 2.71 bits per heavy atom. The fourth-order valence-electron chi connectivity index (χ4n) is 4.70. The first kappa shape index (κ1) is 25.0. The average molecular weight is 499 g/mol. The average Bonchev–Trinajstić information content (AvgIpc) is 2.89. The number of halogens is 1. The van der Waals surface area contributed by atoms with Crippen molar-refractivity contribution in [3.8, 4) is 17.3 Å². The summed E-state index contributed by atoms with van der Waals surface area (Å²) in [5.74, 6) is 1.81. The van der Waals surface area contributed by atoms with Crippen LogP contribution >= 0.6 is 11.6 Å². The molecule has 1 amide bonds. The highest BCUT2D eigenvalue weighted by atomic mass is 35.5. The minimum Gasteiger partial charge on any atom is -0.465 e. The van der Waals surface area contributed by atoms with Gasteiger partial charge in [-0.1, -0.05) is 17.7 Å². The van der Waals surface area contributed by atoms with Gasteiger partial charge in [0.1, 0.15) is 11.6 Å². The fourth-order valence-corrected chi connectivity index (χ4v) is 4.90. The zero-order valence-electron chi connectivity index (χ0n) is 19.6. The number of ether oxygens (including phenoxy) is 1. The maximum Gasteiger partial charge on any atom is 0.404 e. The van der Waals surface area contributed by atoms with Crippen LogP contribution in [0.25, 0.3) is 11.3 Å². The smallest absolute Gasteiger partial charge is 0.404 e. The van der Waals surface area contributed by atoms with Crippen molar-refractivity contribution in [3.05, 3.63) is 35.5 Å². The molecule has 0 unspecified atom stereocenters. The van der Waals surface area contributed by atoms with Gasteiger partial charge in [0.2, 0.25) is 0 Å². The lowest BCUT2D eigenvalue weighted by atomic mass is 9.82. The summed E-state index contributed by atoms with van der Waals surface area (Å²) in [5.41, 5.74) is 1.07. The van der Waals surface area contributed by atoms with Gasteiger partial charge in [-0.2, -0.15) is 5.26 Å². The van der Waals surface area contributed by atoms with E-state index in [1.54, 1.807) is 6.20 Å². The van der Waals surface area contributed by atoms with E-state index >= 15 is 0 Å². The summed E-state index contributed by atoms with van der Waals surface area (Å²) in [4.78, 5) is 19.9. The summed E-state index contributed by atoms with van der Waals surface area (Å²) in [6.45, 7) is 2.23. The molecule has 4 rings (SSSR count). The molecule has 3 heterocycles. The highest BCUT2D eigenvalue weighted by molar-refractivity contribution is 6.33. The van der Waals surface area contributed by atoms with E-state index in [-0.39, 0.29) is 6.04 Å². The van der Waals surface area contributed by atoms with E-state index in [1.165, 1.54) is 0 Å². The Balaban J connectivity index is 1.39. The van der Waals surface area contributed by atoms with E-state index < -0.39 is 11.5 Å². The van der Waals surface area contributed by atoms with Crippen molar-refractivity contribution in [1.29, 1.82) is 5.26 Å². The van der Waals surface area contributed by atoms with Gasteiger partial charge in [-0.25, -0.2) is 14.8 Å². The van der Waals surface area contributed by atoms with Crippen molar-refractivity contribution in [2.45, 2.75) is 44.6 Å². The predicted molar refractivity (Wildman–Crippen MR) is 134 cm³/mol. The van der Waals surface area contributed by atoms with Gasteiger partial charge in [0.15, 0.2) is 0 Å². The summed E-state index contributed by atoms with van der Waals surface area (Å²) in [6, 6.07) is 10.4. The molecule has 4 N–H and O–H groups in total. The first-order valence-electron chi connectivity index (χ1n) is 12.1. The lowest BCUT2D eigenvalue weighted by molar-refractivity contribution is 0.0455. The molecule has 186 valence electrons. The van der Waals surface area contributed by atoms with Crippen LogP contribution in [-0.4, -0.2) is 53.5 Å². The van der Waals surface area contributed by atoms with Gasteiger partial charge in [-0.3, -0.25) is 0 Å². The second-order valence-corrected chi connectivity index (χ2v) is 9.77. The van der Waals surface area contributed by atoms with Crippen LogP contribution < -0.4 is 16.0 Å². The van der Waals surface area contributed by atoms with Crippen LogP contribution in [-0.2, 0) is 4.74 Å². The summed E-state index contributed by atoms with van der Waals surface area (Å²) in [5, 5.41) is 28.3. The molecule has 2 aromatic heterocycles. The Labute approximate surface area is 210 Å². The number of nitrogens with one attached hydrogen (secondary N) is 3. The molecule has 0 aromatic carbocycles. The minimum atomic E-state index is -0.968. The third kappa shape index (κ3) is 6.74. The van der Waals surface area contributed by atoms with E-state index in [9.17, 15) is 10.1 Å². The molecule has 35 heavy (non-hydrogen) atoms. The second kappa shape index (κ2) is 11.6. The number of nitrogens with zero attached hydrogens (tertiary/aromatic N) is 3. The molecule has 2 aromatic rings. The van der Waals surface area contributed by atoms with Gasteiger partial charge >= 0.3 is 6.09 Å². The van der Waals surface area contributed by atoms with Crippen LogP contribution in [0.3, 0.4) is 0 Å². The molecule has 1 saturated heterocycles. The summed E-state index contributed by atoms with van der Waals surface area (Å²) in [6.07, 6.45) is 5.91. The minimum absolute atomic E-state index is 0.278. The highest BCUT2D eigenvalue weighted by Gasteiger charge is 2.32. The quantitative estimate of drug-likeness (QED) is 0.409. The molecule has 1 saturated carbocycles. The number of rotatable bonds is 8. The zero-order chi connectivity index (χ0) is 24.7. The Kier molecular flexibility index (Phi) is 8.26. The SMILES string of the molecule is N#CC1(CNc2cccc(-c3cc(NC4CCC(CNC(=O)O)CC4)ncc3Cl)n2)CCOCC1. The maximum atomic E-state index is 10.7. The number of amides is 1. The molecule has 0 atom stereocenters. The summed E-state index contributed by atoms with van der Waals surface area (Å²) < 4.78 is 5.41. The Morgan fingerprint density at radius 2 is 2.00 bits per heavy atom. The monoisotopic (exact) mass is 498 g/mol. The standard InChI is InChI=1S/C25H31ClN6O3/c26-20-14-28-23(31-18-6-4-17(5-7-18)13-29-24(33)34)12-19(20)21-2-1-3-22(32-21)30-16-25(15-27)8-10-35-11-9-25/h1-3,12,14,17-18,29H,4-11,13,16H2,(H,28,31)(H,30,32)(H,33,34). The first-order valence-corrected chi connectivity index (χ1v) is 12.4. The lowest BCUT2D eigenvalue weighted by Crippen LogP contribution is -2.34. The summed E-state index contributed by atoms with van der Waals surface area (Å²) >= 11 is 6.49. The summed E-state index contributed by atoms with van der Waals surface area (Å²) in [7, 11) is 0. The van der Waals surface area contributed by atoms with Crippen LogP contribution in [0.2, 0.25) is 5.02 Å². The van der Waals surface area contributed by atoms with Crippen molar-refractivity contribution in [3.63, 3.8) is 0 Å². The van der Waals surface area contributed by atoms with Crippen LogP contribution in [0.1, 0.15) is 38.5 Å². The van der Waals surface area contributed by atoms with E-state index in [0.717, 1.165) is 42.8 Å². The molecule has 1 aliphatic carbocycles. The number of hydrogen-bond donors (Lipinski definition) is 4. The number of pyridine rings is 2. The molecular formula is C25H31ClN6O3. The van der Waals surface area contributed by atoms with Gasteiger partial charge in [0, 0.05) is 44.1 Å². The van der Waals surface area contributed by atoms with Crippen molar-refractivity contribution < 1.29 is 14.6 Å². The van der Waals surface area contributed by atoms with Crippen LogP contribution in [0, 0.1) is 22.7 Å². The van der Waals surface area contributed by atoms with Gasteiger partial charge in [0.25, 0.3) is 0 Å². The topological polar surface area (TPSA) is 132 Å². The van der Waals surface area contributed by atoms with Crippen LogP contribution in [0.5, 0.6) is 0 Å². The van der Waals surface area contributed by atoms with Crippen LogP contribution in [0.15, 0.2) is 30.5 Å². The molecular weight excluding hydrogens is 468 g/mol. The molecule has 1 aliphatic heterocycles. The number of aromatic nitrogens is 2. The van der Waals surface area contributed by atoms with Crippen molar-refractivity contribution in [2.75, 3.05) is 36.9 Å². The van der Waals surface area contributed by atoms with E-state index in [4.69, 9.17) is 26.4 Å². The van der Waals surface area contributed by atoms with Gasteiger partial charge in [0.05, 0.1) is 22.2 Å². The highest BCUT2D eigenvalue weighted by Crippen LogP contribution is 2.32.